The molecule has 0 N–H and O–H groups in total. The SMILES string of the molecule is CCCCCCCCOC(=O)CN(CC(=O)OCCCCCCCC)CC(=O)OCC1CCN1C(=O)OCCC. The topological polar surface area (TPSA) is 112 Å². The number of hydrogen-bond acceptors (Lipinski definition) is 9. The highest BCUT2D eigenvalue weighted by Gasteiger charge is 2.34. The van der Waals surface area contributed by atoms with Gasteiger partial charge in [0.2, 0.25) is 0 Å². The van der Waals surface area contributed by atoms with Crippen LogP contribution in [0.2, 0.25) is 0 Å². The Bertz CT molecular complexity index is 686. The van der Waals surface area contributed by atoms with Gasteiger partial charge in [-0.3, -0.25) is 19.3 Å². The minimum absolute atomic E-state index is 0.0405. The maximum absolute atomic E-state index is 12.6. The fourth-order valence-corrected chi connectivity index (χ4v) is 4.31. The molecule has 10 heteroatoms. The molecule has 0 radical (unpaired) electrons. The maximum Gasteiger partial charge on any atom is 0.410 e. The smallest absolute Gasteiger partial charge is 0.410 e. The molecule has 0 aromatic carbocycles. The van der Waals surface area contributed by atoms with Gasteiger partial charge < -0.3 is 23.8 Å². The summed E-state index contributed by atoms with van der Waals surface area (Å²) in [6, 6.07) is -0.230. The zero-order chi connectivity index (χ0) is 29.4. The van der Waals surface area contributed by atoms with E-state index in [1.165, 1.54) is 43.4 Å². The van der Waals surface area contributed by atoms with Gasteiger partial charge in [-0.05, 0) is 25.7 Å². The Labute approximate surface area is 241 Å². The highest BCUT2D eigenvalue weighted by Crippen LogP contribution is 2.19. The molecule has 1 saturated heterocycles. The summed E-state index contributed by atoms with van der Waals surface area (Å²) in [7, 11) is 0. The number of unbranched alkanes of at least 4 members (excludes halogenated alkanes) is 10. The standard InChI is InChI=1S/C30H54N2O8/c1-4-7-9-11-13-15-20-37-27(33)22-31(23-28(34)38-21-16-14-12-10-8-5-2)24-29(35)40-25-26-17-18-32(26)30(36)39-19-6-3/h26H,4-25H2,1-3H3. The first-order chi connectivity index (χ1) is 19.4. The number of carbonyl (C=O) groups is 4. The van der Waals surface area contributed by atoms with E-state index < -0.39 is 24.0 Å². The first kappa shape index (κ1) is 35.7. The van der Waals surface area contributed by atoms with Crippen LogP contribution < -0.4 is 0 Å². The van der Waals surface area contributed by atoms with Crippen molar-refractivity contribution in [3.05, 3.63) is 0 Å². The molecule has 1 amide bonds. The van der Waals surface area contributed by atoms with E-state index in [2.05, 4.69) is 13.8 Å². The lowest BCUT2D eigenvalue weighted by molar-refractivity contribution is -0.153. The van der Waals surface area contributed by atoms with Crippen molar-refractivity contribution in [3.8, 4) is 0 Å². The zero-order valence-corrected chi connectivity index (χ0v) is 25.3. The third kappa shape index (κ3) is 17.4. The molecule has 0 saturated carbocycles. The summed E-state index contributed by atoms with van der Waals surface area (Å²) in [6.07, 6.45) is 14.0. The summed E-state index contributed by atoms with van der Waals surface area (Å²) >= 11 is 0. The van der Waals surface area contributed by atoms with Gasteiger partial charge in [-0.15, -0.1) is 0 Å². The van der Waals surface area contributed by atoms with Gasteiger partial charge in [-0.1, -0.05) is 85.0 Å². The van der Waals surface area contributed by atoms with Gasteiger partial charge in [0.15, 0.2) is 0 Å². The minimum Gasteiger partial charge on any atom is -0.465 e. The quantitative estimate of drug-likeness (QED) is 0.0871. The average Bonchev–Trinajstić information content (AvgIpc) is 2.90. The zero-order valence-electron chi connectivity index (χ0n) is 25.3. The van der Waals surface area contributed by atoms with Crippen LogP contribution in [0, 0.1) is 0 Å². The molecule has 0 aromatic rings. The summed E-state index contributed by atoms with van der Waals surface area (Å²) in [6.45, 7) is 7.15. The van der Waals surface area contributed by atoms with Crippen molar-refractivity contribution in [2.75, 3.05) is 52.6 Å². The molecular weight excluding hydrogens is 516 g/mol. The van der Waals surface area contributed by atoms with Crippen molar-refractivity contribution >= 4 is 24.0 Å². The Hall–Kier alpha value is -2.36. The second kappa shape index (κ2) is 23.4. The molecule has 1 unspecified atom stereocenters. The van der Waals surface area contributed by atoms with Crippen LogP contribution >= 0.6 is 0 Å². The van der Waals surface area contributed by atoms with E-state index in [0.717, 1.165) is 44.9 Å². The Morgan fingerprint density at radius 3 is 1.52 bits per heavy atom. The van der Waals surface area contributed by atoms with E-state index >= 15 is 0 Å². The predicted molar refractivity (Wildman–Crippen MR) is 153 cm³/mol. The normalized spacial score (nSPS) is 14.5. The molecular formula is C30H54N2O8. The Morgan fingerprint density at radius 1 is 0.600 bits per heavy atom. The van der Waals surface area contributed by atoms with Gasteiger partial charge in [0, 0.05) is 6.54 Å². The van der Waals surface area contributed by atoms with Crippen molar-refractivity contribution in [2.45, 2.75) is 117 Å². The number of rotatable bonds is 24. The Kier molecular flexibility index (Phi) is 20.8. The van der Waals surface area contributed by atoms with E-state index in [9.17, 15) is 19.2 Å². The molecule has 1 aliphatic heterocycles. The number of esters is 3. The molecule has 40 heavy (non-hydrogen) atoms. The number of likely N-dealkylation sites (tertiary alicyclic amines) is 1. The van der Waals surface area contributed by atoms with Crippen LogP contribution in [-0.2, 0) is 33.3 Å². The van der Waals surface area contributed by atoms with Gasteiger partial charge in [-0.2, -0.15) is 0 Å². The lowest BCUT2D eigenvalue weighted by Crippen LogP contribution is -2.54. The lowest BCUT2D eigenvalue weighted by atomic mass is 10.1. The number of ether oxygens (including phenoxy) is 4. The van der Waals surface area contributed by atoms with Crippen molar-refractivity contribution in [1.29, 1.82) is 0 Å². The molecule has 0 aromatic heterocycles. The van der Waals surface area contributed by atoms with Gasteiger partial charge in [-0.25, -0.2) is 4.79 Å². The highest BCUT2D eigenvalue weighted by molar-refractivity contribution is 5.78. The van der Waals surface area contributed by atoms with Crippen LogP contribution in [0.3, 0.4) is 0 Å². The summed E-state index contributed by atoms with van der Waals surface area (Å²) in [5.41, 5.74) is 0. The summed E-state index contributed by atoms with van der Waals surface area (Å²) in [4.78, 5) is 52.4. The van der Waals surface area contributed by atoms with Crippen molar-refractivity contribution in [1.82, 2.24) is 9.80 Å². The summed E-state index contributed by atoms with van der Waals surface area (Å²) in [5, 5.41) is 0. The molecule has 232 valence electrons. The van der Waals surface area contributed by atoms with Gasteiger partial charge in [0.1, 0.15) is 6.61 Å². The van der Waals surface area contributed by atoms with Crippen LogP contribution in [0.15, 0.2) is 0 Å². The minimum atomic E-state index is -0.582. The fourth-order valence-electron chi connectivity index (χ4n) is 4.31. The lowest BCUT2D eigenvalue weighted by Gasteiger charge is -2.39. The summed E-state index contributed by atoms with van der Waals surface area (Å²) in [5.74, 6) is -1.57. The van der Waals surface area contributed by atoms with Crippen molar-refractivity contribution in [2.24, 2.45) is 0 Å². The molecule has 1 heterocycles. The number of hydrogen-bond donors (Lipinski definition) is 0. The molecule has 1 aliphatic rings. The predicted octanol–water partition coefficient (Wildman–Crippen LogP) is 5.26. The number of nitrogens with zero attached hydrogens (tertiary/aromatic N) is 2. The molecule has 0 aliphatic carbocycles. The van der Waals surface area contributed by atoms with Crippen LogP contribution in [0.1, 0.15) is 111 Å². The fraction of sp³-hybridized carbons (Fsp3) is 0.867. The average molecular weight is 571 g/mol. The van der Waals surface area contributed by atoms with Crippen LogP contribution in [0.25, 0.3) is 0 Å². The van der Waals surface area contributed by atoms with E-state index in [1.807, 2.05) is 6.92 Å². The van der Waals surface area contributed by atoms with Gasteiger partial charge >= 0.3 is 24.0 Å². The first-order valence-corrected chi connectivity index (χ1v) is 15.5. The van der Waals surface area contributed by atoms with Crippen LogP contribution in [-0.4, -0.2) is 92.4 Å². The Morgan fingerprint density at radius 2 is 1.07 bits per heavy atom. The molecule has 1 atom stereocenters. The molecule has 0 bridgehead atoms. The third-order valence-electron chi connectivity index (χ3n) is 6.82. The summed E-state index contributed by atoms with van der Waals surface area (Å²) < 4.78 is 21.2. The van der Waals surface area contributed by atoms with Gasteiger partial charge in [0.25, 0.3) is 0 Å². The monoisotopic (exact) mass is 570 g/mol. The number of carbonyl (C=O) groups excluding carboxylic acids is 4. The molecule has 0 spiro atoms. The van der Waals surface area contributed by atoms with Crippen LogP contribution in [0.5, 0.6) is 0 Å². The molecule has 1 fully saturated rings. The highest BCUT2D eigenvalue weighted by atomic mass is 16.6. The van der Waals surface area contributed by atoms with Gasteiger partial charge in [0.05, 0.1) is 45.5 Å². The number of amides is 1. The van der Waals surface area contributed by atoms with E-state index in [0.29, 0.717) is 32.8 Å². The Balaban J connectivity index is 2.48. The molecule has 1 rings (SSSR count). The third-order valence-corrected chi connectivity index (χ3v) is 6.82. The van der Waals surface area contributed by atoms with Crippen molar-refractivity contribution in [3.63, 3.8) is 0 Å². The van der Waals surface area contributed by atoms with Crippen molar-refractivity contribution < 1.29 is 38.1 Å². The van der Waals surface area contributed by atoms with Crippen LogP contribution in [0.4, 0.5) is 4.79 Å². The van der Waals surface area contributed by atoms with E-state index in [4.69, 9.17) is 18.9 Å². The molecule has 10 nitrogen and oxygen atoms in total. The van der Waals surface area contributed by atoms with E-state index in [-0.39, 0.29) is 32.3 Å². The first-order valence-electron chi connectivity index (χ1n) is 15.5. The maximum atomic E-state index is 12.6. The second-order valence-corrected chi connectivity index (χ2v) is 10.6. The largest absolute Gasteiger partial charge is 0.465 e. The van der Waals surface area contributed by atoms with E-state index in [1.54, 1.807) is 4.90 Å². The second-order valence-electron chi connectivity index (χ2n) is 10.6.